The Labute approximate surface area is 130 Å². The third-order valence-electron chi connectivity index (χ3n) is 2.72. The molecule has 124 valence electrons. The number of hydrogen-bond donors (Lipinski definition) is 2. The summed E-state index contributed by atoms with van der Waals surface area (Å²) in [5.41, 5.74) is 0. The van der Waals surface area contributed by atoms with Gasteiger partial charge in [-0.1, -0.05) is 0 Å². The third kappa shape index (κ3) is 7.65. The van der Waals surface area contributed by atoms with E-state index >= 15 is 0 Å². The Hall–Kier alpha value is -2.06. The summed E-state index contributed by atoms with van der Waals surface area (Å²) in [5.74, 6) is 2.09. The number of nitrogens with one attached hydrogen (secondary N) is 2. The molecule has 8 heteroatoms. The lowest BCUT2D eigenvalue weighted by Crippen LogP contribution is -2.26. The molecule has 0 aliphatic rings. The van der Waals surface area contributed by atoms with Crippen molar-refractivity contribution in [1.29, 1.82) is 0 Å². The summed E-state index contributed by atoms with van der Waals surface area (Å²) in [6, 6.07) is 3.86. The standard InChI is InChI=1S/C14H24N4O4/c1-15-14(10-18(19)20)16-7-4-8-21-11-13-6-5-12(22-13)9-17(2)3/h5-6,10,15-16H,4,7-9,11H2,1-3H3/b14-10+. The van der Waals surface area contributed by atoms with Gasteiger partial charge in [-0.25, -0.2) is 0 Å². The highest BCUT2D eigenvalue weighted by atomic mass is 16.6. The Balaban J connectivity index is 2.15. The summed E-state index contributed by atoms with van der Waals surface area (Å²) >= 11 is 0. The average Bonchev–Trinajstić information content (AvgIpc) is 2.87. The summed E-state index contributed by atoms with van der Waals surface area (Å²) in [5, 5.41) is 16.0. The molecule has 0 aliphatic carbocycles. The highest BCUT2D eigenvalue weighted by molar-refractivity contribution is 5.06. The van der Waals surface area contributed by atoms with E-state index in [2.05, 4.69) is 10.6 Å². The maximum atomic E-state index is 10.3. The van der Waals surface area contributed by atoms with Crippen LogP contribution in [-0.2, 0) is 17.9 Å². The monoisotopic (exact) mass is 312 g/mol. The average molecular weight is 312 g/mol. The first-order chi connectivity index (χ1) is 10.5. The number of rotatable bonds is 11. The van der Waals surface area contributed by atoms with Gasteiger partial charge in [-0.2, -0.15) is 0 Å². The quantitative estimate of drug-likeness (QED) is 0.359. The van der Waals surface area contributed by atoms with Gasteiger partial charge in [0, 0.05) is 20.2 Å². The van der Waals surface area contributed by atoms with Gasteiger partial charge in [0.15, 0.2) is 5.82 Å². The first-order valence-electron chi connectivity index (χ1n) is 7.08. The second-order valence-corrected chi connectivity index (χ2v) is 5.02. The minimum absolute atomic E-state index is 0.379. The Kier molecular flexibility index (Phi) is 8.01. The van der Waals surface area contributed by atoms with E-state index in [0.717, 1.165) is 30.7 Å². The fraction of sp³-hybridized carbons (Fsp3) is 0.571. The van der Waals surface area contributed by atoms with Crippen LogP contribution in [0.1, 0.15) is 17.9 Å². The molecule has 22 heavy (non-hydrogen) atoms. The lowest BCUT2D eigenvalue weighted by Gasteiger charge is -2.08. The van der Waals surface area contributed by atoms with Crippen molar-refractivity contribution in [3.8, 4) is 0 Å². The molecule has 0 saturated carbocycles. The van der Waals surface area contributed by atoms with E-state index in [4.69, 9.17) is 9.15 Å². The minimum Gasteiger partial charge on any atom is -0.462 e. The van der Waals surface area contributed by atoms with E-state index in [1.54, 1.807) is 7.05 Å². The largest absolute Gasteiger partial charge is 0.462 e. The highest BCUT2D eigenvalue weighted by Crippen LogP contribution is 2.10. The topological polar surface area (TPSA) is 92.8 Å². The van der Waals surface area contributed by atoms with Gasteiger partial charge in [0.1, 0.15) is 18.1 Å². The molecule has 1 rings (SSSR count). The summed E-state index contributed by atoms with van der Waals surface area (Å²) in [6.45, 7) is 2.33. The van der Waals surface area contributed by atoms with Crippen LogP contribution in [0.5, 0.6) is 0 Å². The molecular weight excluding hydrogens is 288 g/mol. The number of nitro groups is 1. The molecule has 0 aromatic carbocycles. The van der Waals surface area contributed by atoms with Gasteiger partial charge in [-0.05, 0) is 32.6 Å². The molecule has 0 atom stereocenters. The normalized spacial score (nSPS) is 11.7. The van der Waals surface area contributed by atoms with E-state index in [1.807, 2.05) is 31.1 Å². The molecular formula is C14H24N4O4. The van der Waals surface area contributed by atoms with Crippen LogP contribution in [0.15, 0.2) is 28.6 Å². The Bertz CT molecular complexity index is 485. The molecule has 0 amide bonds. The van der Waals surface area contributed by atoms with Crippen LogP contribution >= 0.6 is 0 Å². The Morgan fingerprint density at radius 1 is 1.45 bits per heavy atom. The Morgan fingerprint density at radius 3 is 2.82 bits per heavy atom. The van der Waals surface area contributed by atoms with Crippen LogP contribution < -0.4 is 10.6 Å². The van der Waals surface area contributed by atoms with Crippen molar-refractivity contribution >= 4 is 0 Å². The number of furan rings is 1. The van der Waals surface area contributed by atoms with Gasteiger partial charge in [-0.3, -0.25) is 10.1 Å². The zero-order valence-electron chi connectivity index (χ0n) is 13.3. The second kappa shape index (κ2) is 9.80. The first-order valence-corrected chi connectivity index (χ1v) is 7.08. The molecule has 1 aromatic heterocycles. The van der Waals surface area contributed by atoms with Gasteiger partial charge in [-0.15, -0.1) is 0 Å². The smallest absolute Gasteiger partial charge is 0.274 e. The van der Waals surface area contributed by atoms with E-state index in [1.165, 1.54) is 0 Å². The van der Waals surface area contributed by atoms with Crippen LogP contribution in [0.25, 0.3) is 0 Å². The SMILES string of the molecule is CN/C(=C\[N+](=O)[O-])NCCCOCc1ccc(CN(C)C)o1. The molecule has 0 bridgehead atoms. The lowest BCUT2D eigenvalue weighted by atomic mass is 10.4. The number of hydrogen-bond acceptors (Lipinski definition) is 7. The van der Waals surface area contributed by atoms with Gasteiger partial charge in [0.05, 0.1) is 11.5 Å². The van der Waals surface area contributed by atoms with Gasteiger partial charge in [0.2, 0.25) is 0 Å². The van der Waals surface area contributed by atoms with E-state index in [-0.39, 0.29) is 0 Å². The zero-order chi connectivity index (χ0) is 16.4. The molecule has 0 unspecified atom stereocenters. The van der Waals surface area contributed by atoms with Crippen molar-refractivity contribution in [2.75, 3.05) is 34.3 Å². The highest BCUT2D eigenvalue weighted by Gasteiger charge is 2.03. The fourth-order valence-corrected chi connectivity index (χ4v) is 1.77. The molecule has 0 radical (unpaired) electrons. The predicted octanol–water partition coefficient (Wildman–Crippen LogP) is 1.13. The molecule has 8 nitrogen and oxygen atoms in total. The van der Waals surface area contributed by atoms with Crippen molar-refractivity contribution in [2.45, 2.75) is 19.6 Å². The first kappa shape index (κ1) is 18.0. The van der Waals surface area contributed by atoms with Crippen molar-refractivity contribution in [1.82, 2.24) is 15.5 Å². The van der Waals surface area contributed by atoms with Crippen LogP contribution in [-0.4, -0.2) is 44.1 Å². The summed E-state index contributed by atoms with van der Waals surface area (Å²) in [4.78, 5) is 11.9. The zero-order valence-corrected chi connectivity index (χ0v) is 13.3. The lowest BCUT2D eigenvalue weighted by molar-refractivity contribution is -0.404. The van der Waals surface area contributed by atoms with Gasteiger partial charge < -0.3 is 24.7 Å². The van der Waals surface area contributed by atoms with Gasteiger partial charge in [0.25, 0.3) is 6.20 Å². The van der Waals surface area contributed by atoms with Crippen LogP contribution in [0.2, 0.25) is 0 Å². The molecule has 0 spiro atoms. The molecule has 0 aliphatic heterocycles. The minimum atomic E-state index is -0.502. The van der Waals surface area contributed by atoms with Crippen LogP contribution in [0.4, 0.5) is 0 Å². The molecule has 0 saturated heterocycles. The fourth-order valence-electron chi connectivity index (χ4n) is 1.77. The maximum Gasteiger partial charge on any atom is 0.274 e. The van der Waals surface area contributed by atoms with Crippen molar-refractivity contribution < 1.29 is 14.1 Å². The van der Waals surface area contributed by atoms with Crippen LogP contribution in [0.3, 0.4) is 0 Å². The van der Waals surface area contributed by atoms with Crippen molar-refractivity contribution in [3.05, 3.63) is 45.8 Å². The number of ether oxygens (including phenoxy) is 1. The van der Waals surface area contributed by atoms with E-state index in [9.17, 15) is 10.1 Å². The number of nitrogens with zero attached hydrogens (tertiary/aromatic N) is 2. The van der Waals surface area contributed by atoms with Crippen molar-refractivity contribution in [3.63, 3.8) is 0 Å². The molecule has 2 N–H and O–H groups in total. The summed E-state index contributed by atoms with van der Waals surface area (Å²) < 4.78 is 11.1. The van der Waals surface area contributed by atoms with Gasteiger partial charge >= 0.3 is 0 Å². The molecule has 1 aromatic rings. The Morgan fingerprint density at radius 2 is 2.18 bits per heavy atom. The maximum absolute atomic E-state index is 10.3. The molecule has 0 fully saturated rings. The van der Waals surface area contributed by atoms with E-state index in [0.29, 0.717) is 25.6 Å². The second-order valence-electron chi connectivity index (χ2n) is 5.02. The van der Waals surface area contributed by atoms with E-state index < -0.39 is 4.92 Å². The molecule has 1 heterocycles. The summed E-state index contributed by atoms with van der Waals surface area (Å²) in [7, 11) is 5.60. The summed E-state index contributed by atoms with van der Waals surface area (Å²) in [6.07, 6.45) is 1.64. The third-order valence-corrected chi connectivity index (χ3v) is 2.72. The predicted molar refractivity (Wildman–Crippen MR) is 82.5 cm³/mol. The van der Waals surface area contributed by atoms with Crippen LogP contribution in [0, 0.1) is 10.1 Å². The van der Waals surface area contributed by atoms with Crippen molar-refractivity contribution in [2.24, 2.45) is 0 Å².